The SMILES string of the molecule is COCc1nc(C)cc(N2CCOC3CCOCC32)n1. The lowest BCUT2D eigenvalue weighted by Gasteiger charge is -2.44. The van der Waals surface area contributed by atoms with E-state index >= 15 is 0 Å². The Morgan fingerprint density at radius 2 is 2.30 bits per heavy atom. The average Bonchev–Trinajstić information content (AvgIpc) is 2.46. The fraction of sp³-hybridized carbons (Fsp3) is 0.714. The molecule has 6 nitrogen and oxygen atoms in total. The van der Waals surface area contributed by atoms with Gasteiger partial charge in [-0.3, -0.25) is 0 Å². The Balaban J connectivity index is 1.86. The maximum atomic E-state index is 5.85. The lowest BCUT2D eigenvalue weighted by Crippen LogP contribution is -2.56. The molecule has 2 aliphatic rings. The summed E-state index contributed by atoms with van der Waals surface area (Å²) >= 11 is 0. The third-order valence-corrected chi connectivity index (χ3v) is 3.78. The number of methoxy groups -OCH3 is 1. The normalized spacial score (nSPS) is 26.4. The number of aryl methyl sites for hydroxylation is 1. The van der Waals surface area contributed by atoms with Gasteiger partial charge in [0.1, 0.15) is 12.4 Å². The number of ether oxygens (including phenoxy) is 3. The van der Waals surface area contributed by atoms with Crippen LogP contribution in [0.1, 0.15) is 17.9 Å². The Bertz CT molecular complexity index is 467. The van der Waals surface area contributed by atoms with E-state index in [1.54, 1.807) is 7.11 Å². The summed E-state index contributed by atoms with van der Waals surface area (Å²) in [5, 5.41) is 0. The molecule has 110 valence electrons. The van der Waals surface area contributed by atoms with Gasteiger partial charge in [0.05, 0.1) is 25.4 Å². The van der Waals surface area contributed by atoms with Gasteiger partial charge in [-0.05, 0) is 13.3 Å². The summed E-state index contributed by atoms with van der Waals surface area (Å²) in [5.41, 5.74) is 0.960. The first-order valence-electron chi connectivity index (χ1n) is 7.07. The topological polar surface area (TPSA) is 56.7 Å². The first-order valence-corrected chi connectivity index (χ1v) is 7.07. The molecule has 0 bridgehead atoms. The third-order valence-electron chi connectivity index (χ3n) is 3.78. The second-order valence-corrected chi connectivity index (χ2v) is 5.25. The minimum absolute atomic E-state index is 0.249. The van der Waals surface area contributed by atoms with Gasteiger partial charge >= 0.3 is 0 Å². The zero-order chi connectivity index (χ0) is 13.9. The van der Waals surface area contributed by atoms with Crippen LogP contribution in [-0.2, 0) is 20.8 Å². The molecule has 1 aromatic rings. The second-order valence-electron chi connectivity index (χ2n) is 5.25. The molecule has 0 aromatic carbocycles. The van der Waals surface area contributed by atoms with Crippen molar-refractivity contribution in [1.82, 2.24) is 9.97 Å². The summed E-state index contributed by atoms with van der Waals surface area (Å²) in [6.07, 6.45) is 1.20. The predicted molar refractivity (Wildman–Crippen MR) is 73.8 cm³/mol. The summed E-state index contributed by atoms with van der Waals surface area (Å²) in [5.74, 6) is 1.68. The Hall–Kier alpha value is -1.24. The molecule has 0 spiro atoms. The smallest absolute Gasteiger partial charge is 0.156 e. The molecule has 3 heterocycles. The number of nitrogens with zero attached hydrogens (tertiary/aromatic N) is 3. The number of hydrogen-bond acceptors (Lipinski definition) is 6. The van der Waals surface area contributed by atoms with Crippen molar-refractivity contribution >= 4 is 5.82 Å². The zero-order valence-electron chi connectivity index (χ0n) is 12.0. The van der Waals surface area contributed by atoms with E-state index in [4.69, 9.17) is 14.2 Å². The number of fused-ring (bicyclic) bond motifs is 1. The molecule has 6 heteroatoms. The van der Waals surface area contributed by atoms with Gasteiger partial charge in [-0.2, -0.15) is 0 Å². The van der Waals surface area contributed by atoms with E-state index in [1.165, 1.54) is 0 Å². The van der Waals surface area contributed by atoms with Crippen molar-refractivity contribution in [3.8, 4) is 0 Å². The molecule has 20 heavy (non-hydrogen) atoms. The number of morpholine rings is 1. The molecule has 0 saturated carbocycles. The highest BCUT2D eigenvalue weighted by atomic mass is 16.5. The van der Waals surface area contributed by atoms with Gasteiger partial charge in [0.15, 0.2) is 5.82 Å². The highest BCUT2D eigenvalue weighted by Gasteiger charge is 2.35. The molecule has 0 aliphatic carbocycles. The van der Waals surface area contributed by atoms with Gasteiger partial charge in [-0.15, -0.1) is 0 Å². The number of anilines is 1. The van der Waals surface area contributed by atoms with Gasteiger partial charge in [-0.1, -0.05) is 0 Å². The van der Waals surface area contributed by atoms with Crippen LogP contribution in [0.25, 0.3) is 0 Å². The number of rotatable bonds is 3. The van der Waals surface area contributed by atoms with Crippen molar-refractivity contribution in [2.45, 2.75) is 32.1 Å². The predicted octanol–water partition coefficient (Wildman–Crippen LogP) is 0.926. The molecule has 3 rings (SSSR count). The zero-order valence-corrected chi connectivity index (χ0v) is 12.0. The van der Waals surface area contributed by atoms with Crippen LogP contribution in [0.2, 0.25) is 0 Å². The molecule has 2 fully saturated rings. The molecular weight excluding hydrogens is 258 g/mol. The van der Waals surface area contributed by atoms with E-state index in [0.717, 1.165) is 43.5 Å². The molecular formula is C14H21N3O3. The first kappa shape index (κ1) is 13.7. The fourth-order valence-electron chi connectivity index (χ4n) is 2.89. The van der Waals surface area contributed by atoms with Gasteiger partial charge < -0.3 is 19.1 Å². The molecule has 2 atom stereocenters. The maximum Gasteiger partial charge on any atom is 0.156 e. The molecule has 1 aromatic heterocycles. The van der Waals surface area contributed by atoms with E-state index in [0.29, 0.717) is 13.2 Å². The quantitative estimate of drug-likeness (QED) is 0.820. The minimum Gasteiger partial charge on any atom is -0.379 e. The van der Waals surface area contributed by atoms with E-state index in [-0.39, 0.29) is 12.1 Å². The Kier molecular flexibility index (Phi) is 4.14. The lowest BCUT2D eigenvalue weighted by molar-refractivity contribution is -0.0655. The van der Waals surface area contributed by atoms with Crippen LogP contribution in [0.5, 0.6) is 0 Å². The largest absolute Gasteiger partial charge is 0.379 e. The van der Waals surface area contributed by atoms with Crippen molar-refractivity contribution in [2.75, 3.05) is 38.4 Å². The van der Waals surface area contributed by atoms with E-state index < -0.39 is 0 Å². The average molecular weight is 279 g/mol. The standard InChI is InChI=1S/C14H21N3O3/c1-10-7-14(16-13(15-10)9-18-2)17-4-6-20-12-3-5-19-8-11(12)17/h7,11-12H,3-6,8-9H2,1-2H3. The lowest BCUT2D eigenvalue weighted by atomic mass is 10.0. The second kappa shape index (κ2) is 6.03. The summed E-state index contributed by atoms with van der Waals surface area (Å²) in [6, 6.07) is 2.28. The van der Waals surface area contributed by atoms with E-state index in [9.17, 15) is 0 Å². The van der Waals surface area contributed by atoms with Crippen LogP contribution in [-0.4, -0.2) is 55.6 Å². The highest BCUT2D eigenvalue weighted by Crippen LogP contribution is 2.26. The van der Waals surface area contributed by atoms with Crippen LogP contribution >= 0.6 is 0 Å². The van der Waals surface area contributed by atoms with Crippen molar-refractivity contribution < 1.29 is 14.2 Å². The van der Waals surface area contributed by atoms with Gasteiger partial charge in [-0.25, -0.2) is 9.97 Å². The Morgan fingerprint density at radius 3 is 3.15 bits per heavy atom. The molecule has 2 unspecified atom stereocenters. The Labute approximate surface area is 119 Å². The minimum atomic E-state index is 0.249. The van der Waals surface area contributed by atoms with E-state index in [1.807, 2.05) is 13.0 Å². The van der Waals surface area contributed by atoms with Crippen molar-refractivity contribution in [3.63, 3.8) is 0 Å². The van der Waals surface area contributed by atoms with Crippen molar-refractivity contribution in [1.29, 1.82) is 0 Å². The molecule has 2 aliphatic heterocycles. The molecule has 0 amide bonds. The van der Waals surface area contributed by atoms with Crippen LogP contribution in [0.3, 0.4) is 0 Å². The Morgan fingerprint density at radius 1 is 1.40 bits per heavy atom. The molecule has 0 N–H and O–H groups in total. The van der Waals surface area contributed by atoms with Crippen molar-refractivity contribution in [3.05, 3.63) is 17.6 Å². The van der Waals surface area contributed by atoms with Gasteiger partial charge in [0, 0.05) is 32.0 Å². The summed E-state index contributed by atoms with van der Waals surface area (Å²) in [6.45, 7) is 5.49. The third kappa shape index (κ3) is 2.77. The van der Waals surface area contributed by atoms with Crippen molar-refractivity contribution in [2.24, 2.45) is 0 Å². The van der Waals surface area contributed by atoms with Crippen LogP contribution < -0.4 is 4.90 Å². The maximum absolute atomic E-state index is 5.85. The van der Waals surface area contributed by atoms with E-state index in [2.05, 4.69) is 14.9 Å². The number of aromatic nitrogens is 2. The van der Waals surface area contributed by atoms with Crippen LogP contribution in [0.4, 0.5) is 5.82 Å². The van der Waals surface area contributed by atoms with Gasteiger partial charge in [0.2, 0.25) is 0 Å². The molecule has 2 saturated heterocycles. The van der Waals surface area contributed by atoms with Crippen LogP contribution in [0, 0.1) is 6.92 Å². The number of hydrogen-bond donors (Lipinski definition) is 0. The summed E-state index contributed by atoms with van der Waals surface area (Å²) in [4.78, 5) is 11.3. The first-order chi connectivity index (χ1) is 9.78. The highest BCUT2D eigenvalue weighted by molar-refractivity contribution is 5.42. The van der Waals surface area contributed by atoms with Gasteiger partial charge in [0.25, 0.3) is 0 Å². The monoisotopic (exact) mass is 279 g/mol. The summed E-state index contributed by atoms with van der Waals surface area (Å²) < 4.78 is 16.6. The summed E-state index contributed by atoms with van der Waals surface area (Å²) in [7, 11) is 1.66. The van der Waals surface area contributed by atoms with Crippen LogP contribution in [0.15, 0.2) is 6.07 Å². The molecule has 0 radical (unpaired) electrons. The fourth-order valence-corrected chi connectivity index (χ4v) is 2.89.